The highest BCUT2D eigenvalue weighted by atomic mass is 16.6. The van der Waals surface area contributed by atoms with Gasteiger partial charge in [-0.05, 0) is 45.7 Å². The molecule has 0 amide bonds. The first kappa shape index (κ1) is 12.9. The SMILES string of the molecule is Cc1cc(C)c2c(c1)C[C@H](C(=O)OC(C)(C)C)N2. The summed E-state index contributed by atoms with van der Waals surface area (Å²) in [6, 6.07) is 4.02. The van der Waals surface area contributed by atoms with Crippen molar-refractivity contribution < 1.29 is 9.53 Å². The van der Waals surface area contributed by atoms with Crippen molar-refractivity contribution in [1.29, 1.82) is 0 Å². The molecule has 1 aromatic rings. The molecule has 1 aliphatic rings. The van der Waals surface area contributed by atoms with Crippen LogP contribution in [0.5, 0.6) is 0 Å². The summed E-state index contributed by atoms with van der Waals surface area (Å²) in [5, 5.41) is 3.28. The van der Waals surface area contributed by atoms with Crippen LogP contribution in [-0.2, 0) is 16.0 Å². The number of carbonyl (C=O) groups is 1. The second-order valence-corrected chi connectivity index (χ2v) is 6.05. The third-order valence-electron chi connectivity index (χ3n) is 3.00. The van der Waals surface area contributed by atoms with Gasteiger partial charge in [0.25, 0.3) is 0 Å². The lowest BCUT2D eigenvalue weighted by molar-refractivity contribution is -0.155. The van der Waals surface area contributed by atoms with Crippen LogP contribution >= 0.6 is 0 Å². The highest BCUT2D eigenvalue weighted by Gasteiger charge is 2.31. The van der Waals surface area contributed by atoms with Gasteiger partial charge in [-0.1, -0.05) is 17.7 Å². The summed E-state index contributed by atoms with van der Waals surface area (Å²) in [6.07, 6.45) is 0.715. The Kier molecular flexibility index (Phi) is 3.09. The molecule has 0 spiro atoms. The summed E-state index contributed by atoms with van der Waals surface area (Å²) < 4.78 is 5.42. The summed E-state index contributed by atoms with van der Waals surface area (Å²) in [7, 11) is 0. The molecule has 0 fully saturated rings. The van der Waals surface area contributed by atoms with E-state index in [0.29, 0.717) is 6.42 Å². The number of benzene rings is 1. The molecular weight excluding hydrogens is 226 g/mol. The highest BCUT2D eigenvalue weighted by molar-refractivity contribution is 5.84. The third kappa shape index (κ3) is 2.66. The first-order chi connectivity index (χ1) is 8.26. The average molecular weight is 247 g/mol. The number of rotatable bonds is 1. The Morgan fingerprint density at radius 1 is 1.33 bits per heavy atom. The normalized spacial score (nSPS) is 18.2. The Morgan fingerprint density at radius 3 is 2.61 bits per heavy atom. The molecule has 0 aliphatic carbocycles. The first-order valence-electron chi connectivity index (χ1n) is 6.36. The Labute approximate surface area is 109 Å². The maximum Gasteiger partial charge on any atom is 0.329 e. The molecule has 1 aromatic carbocycles. The van der Waals surface area contributed by atoms with E-state index >= 15 is 0 Å². The molecule has 1 N–H and O–H groups in total. The van der Waals surface area contributed by atoms with Gasteiger partial charge in [-0.25, -0.2) is 4.79 Å². The first-order valence-corrected chi connectivity index (χ1v) is 6.36. The standard InChI is InChI=1S/C15H21NO2/c1-9-6-10(2)13-11(7-9)8-12(16-13)14(17)18-15(3,4)5/h6-7,12,16H,8H2,1-5H3/t12-/m1/s1. The fourth-order valence-electron chi connectivity index (χ4n) is 2.38. The lowest BCUT2D eigenvalue weighted by Crippen LogP contribution is -2.35. The number of nitrogens with one attached hydrogen (secondary N) is 1. The molecule has 0 aromatic heterocycles. The van der Waals surface area contributed by atoms with E-state index in [4.69, 9.17) is 4.74 Å². The predicted octanol–water partition coefficient (Wildman–Crippen LogP) is 2.98. The molecule has 3 nitrogen and oxygen atoms in total. The predicted molar refractivity (Wildman–Crippen MR) is 72.9 cm³/mol. The van der Waals surface area contributed by atoms with Crippen molar-refractivity contribution in [1.82, 2.24) is 0 Å². The van der Waals surface area contributed by atoms with Gasteiger partial charge in [0.1, 0.15) is 11.6 Å². The summed E-state index contributed by atoms with van der Waals surface area (Å²) in [5.41, 5.74) is 4.30. The van der Waals surface area contributed by atoms with Gasteiger partial charge in [0, 0.05) is 12.1 Å². The van der Waals surface area contributed by atoms with E-state index in [0.717, 1.165) is 5.69 Å². The fraction of sp³-hybridized carbons (Fsp3) is 0.533. The van der Waals surface area contributed by atoms with Crippen LogP contribution in [0.2, 0.25) is 0 Å². The Morgan fingerprint density at radius 2 is 2.00 bits per heavy atom. The Balaban J connectivity index is 2.15. The van der Waals surface area contributed by atoms with Crippen LogP contribution in [0, 0.1) is 13.8 Å². The number of anilines is 1. The van der Waals surface area contributed by atoms with Crippen LogP contribution in [-0.4, -0.2) is 17.6 Å². The van der Waals surface area contributed by atoms with Gasteiger partial charge in [-0.15, -0.1) is 0 Å². The number of esters is 1. The van der Waals surface area contributed by atoms with Crippen molar-refractivity contribution >= 4 is 11.7 Å². The van der Waals surface area contributed by atoms with Gasteiger partial charge >= 0.3 is 5.97 Å². The minimum atomic E-state index is -0.432. The molecule has 1 aliphatic heterocycles. The summed E-state index contributed by atoms with van der Waals surface area (Å²) in [6.45, 7) is 9.82. The number of hydrogen-bond donors (Lipinski definition) is 1. The van der Waals surface area contributed by atoms with Crippen molar-refractivity contribution in [3.8, 4) is 0 Å². The average Bonchev–Trinajstić information content (AvgIpc) is 2.58. The van der Waals surface area contributed by atoms with Crippen molar-refractivity contribution in [2.75, 3.05) is 5.32 Å². The number of carbonyl (C=O) groups excluding carboxylic acids is 1. The van der Waals surface area contributed by atoms with Crippen molar-refractivity contribution in [3.05, 3.63) is 28.8 Å². The van der Waals surface area contributed by atoms with E-state index < -0.39 is 5.60 Å². The van der Waals surface area contributed by atoms with Gasteiger partial charge in [0.2, 0.25) is 0 Å². The monoisotopic (exact) mass is 247 g/mol. The van der Waals surface area contributed by atoms with Gasteiger partial charge in [-0.2, -0.15) is 0 Å². The quantitative estimate of drug-likeness (QED) is 0.775. The van der Waals surface area contributed by atoms with Crippen LogP contribution in [0.3, 0.4) is 0 Å². The van der Waals surface area contributed by atoms with E-state index in [-0.39, 0.29) is 12.0 Å². The molecule has 1 atom stereocenters. The van der Waals surface area contributed by atoms with Gasteiger partial charge in [0.15, 0.2) is 0 Å². The van der Waals surface area contributed by atoms with E-state index in [1.807, 2.05) is 20.8 Å². The largest absolute Gasteiger partial charge is 0.458 e. The molecule has 0 unspecified atom stereocenters. The lowest BCUT2D eigenvalue weighted by Gasteiger charge is -2.22. The number of hydrogen-bond acceptors (Lipinski definition) is 3. The molecule has 3 heteroatoms. The molecule has 2 rings (SSSR count). The number of fused-ring (bicyclic) bond motifs is 1. The van der Waals surface area contributed by atoms with E-state index in [1.54, 1.807) is 0 Å². The van der Waals surface area contributed by atoms with Gasteiger partial charge in [0.05, 0.1) is 0 Å². The van der Waals surface area contributed by atoms with Crippen LogP contribution in [0.25, 0.3) is 0 Å². The van der Waals surface area contributed by atoms with Gasteiger partial charge < -0.3 is 10.1 Å². The summed E-state index contributed by atoms with van der Waals surface area (Å²) in [4.78, 5) is 12.0. The lowest BCUT2D eigenvalue weighted by atomic mass is 10.0. The molecule has 1 heterocycles. The smallest absolute Gasteiger partial charge is 0.329 e. The molecule has 98 valence electrons. The molecule has 0 radical (unpaired) electrons. The molecule has 18 heavy (non-hydrogen) atoms. The maximum absolute atomic E-state index is 12.0. The van der Waals surface area contributed by atoms with Crippen LogP contribution in [0.15, 0.2) is 12.1 Å². The Hall–Kier alpha value is -1.51. The minimum Gasteiger partial charge on any atom is -0.458 e. The van der Waals surface area contributed by atoms with Crippen LogP contribution in [0.1, 0.15) is 37.5 Å². The van der Waals surface area contributed by atoms with E-state index in [2.05, 4.69) is 31.3 Å². The van der Waals surface area contributed by atoms with Crippen LogP contribution < -0.4 is 5.32 Å². The van der Waals surface area contributed by atoms with E-state index in [1.165, 1.54) is 16.7 Å². The topological polar surface area (TPSA) is 38.3 Å². The summed E-state index contributed by atoms with van der Waals surface area (Å²) in [5.74, 6) is -0.171. The van der Waals surface area contributed by atoms with Crippen molar-refractivity contribution in [3.63, 3.8) is 0 Å². The zero-order valence-electron chi connectivity index (χ0n) is 11.8. The number of ether oxygens (including phenoxy) is 1. The fourth-order valence-corrected chi connectivity index (χ4v) is 2.38. The molecule has 0 saturated carbocycles. The second-order valence-electron chi connectivity index (χ2n) is 6.05. The summed E-state index contributed by atoms with van der Waals surface area (Å²) >= 11 is 0. The molecular formula is C15H21NO2. The zero-order chi connectivity index (χ0) is 13.5. The molecule has 0 bridgehead atoms. The molecule has 0 saturated heterocycles. The van der Waals surface area contributed by atoms with Crippen molar-refractivity contribution in [2.24, 2.45) is 0 Å². The zero-order valence-corrected chi connectivity index (χ0v) is 11.8. The van der Waals surface area contributed by atoms with E-state index in [9.17, 15) is 4.79 Å². The number of aryl methyl sites for hydroxylation is 2. The highest BCUT2D eigenvalue weighted by Crippen LogP contribution is 2.31. The maximum atomic E-state index is 12.0. The second kappa shape index (κ2) is 4.30. The minimum absolute atomic E-state index is 0.171. The third-order valence-corrected chi connectivity index (χ3v) is 3.00. The van der Waals surface area contributed by atoms with Crippen molar-refractivity contribution in [2.45, 2.75) is 52.7 Å². The van der Waals surface area contributed by atoms with Gasteiger partial charge in [-0.3, -0.25) is 0 Å². The Bertz CT molecular complexity index is 486. The van der Waals surface area contributed by atoms with Crippen LogP contribution in [0.4, 0.5) is 5.69 Å².